The van der Waals surface area contributed by atoms with Crippen LogP contribution in [0.2, 0.25) is 0 Å². The molecule has 1 aliphatic rings. The SMILES string of the molecule is COC(=O)N1CC(c2cc(-c3cc([N+](=O)[O-])c(C)cc3F)no2)C1. The van der Waals surface area contributed by atoms with E-state index in [2.05, 4.69) is 9.89 Å². The molecule has 0 spiro atoms. The lowest BCUT2D eigenvalue weighted by molar-refractivity contribution is -0.385. The van der Waals surface area contributed by atoms with Crippen molar-refractivity contribution >= 4 is 11.8 Å². The van der Waals surface area contributed by atoms with Gasteiger partial charge in [0.05, 0.1) is 18.0 Å². The maximum absolute atomic E-state index is 14.1. The van der Waals surface area contributed by atoms with E-state index in [1.165, 1.54) is 25.0 Å². The highest BCUT2D eigenvalue weighted by molar-refractivity contribution is 5.69. The predicted molar refractivity (Wildman–Crippen MR) is 80.0 cm³/mol. The number of carbonyl (C=O) groups excluding carboxylic acids is 1. The number of amides is 1. The summed E-state index contributed by atoms with van der Waals surface area (Å²) in [6, 6.07) is 3.79. The Labute approximate surface area is 135 Å². The van der Waals surface area contributed by atoms with E-state index in [0.717, 1.165) is 12.1 Å². The van der Waals surface area contributed by atoms with Crippen molar-refractivity contribution in [2.75, 3.05) is 20.2 Å². The van der Waals surface area contributed by atoms with E-state index in [4.69, 9.17) is 4.52 Å². The van der Waals surface area contributed by atoms with Crippen LogP contribution in [-0.4, -0.2) is 41.3 Å². The van der Waals surface area contributed by atoms with Crippen molar-refractivity contribution in [3.05, 3.63) is 45.5 Å². The molecule has 9 heteroatoms. The van der Waals surface area contributed by atoms with Gasteiger partial charge in [-0.25, -0.2) is 9.18 Å². The first-order chi connectivity index (χ1) is 11.4. The van der Waals surface area contributed by atoms with Crippen LogP contribution in [-0.2, 0) is 4.74 Å². The van der Waals surface area contributed by atoms with E-state index in [-0.39, 0.29) is 28.4 Å². The van der Waals surface area contributed by atoms with E-state index < -0.39 is 16.8 Å². The summed E-state index contributed by atoms with van der Waals surface area (Å²) in [7, 11) is 1.30. The number of aryl methyl sites for hydroxylation is 1. The first kappa shape index (κ1) is 15.9. The Kier molecular flexibility index (Phi) is 3.92. The molecule has 1 aliphatic heterocycles. The lowest BCUT2D eigenvalue weighted by Gasteiger charge is -2.36. The molecule has 0 unspecified atom stereocenters. The molecule has 2 heterocycles. The molecule has 0 aliphatic carbocycles. The molecule has 1 saturated heterocycles. The molecule has 1 fully saturated rings. The highest BCUT2D eigenvalue weighted by atomic mass is 19.1. The number of rotatable bonds is 3. The number of carbonyl (C=O) groups is 1. The quantitative estimate of drug-likeness (QED) is 0.632. The van der Waals surface area contributed by atoms with E-state index in [1.54, 1.807) is 0 Å². The summed E-state index contributed by atoms with van der Waals surface area (Å²) in [6.45, 7) is 2.30. The number of methoxy groups -OCH3 is 1. The maximum atomic E-state index is 14.1. The molecule has 0 radical (unpaired) electrons. The predicted octanol–water partition coefficient (Wildman–Crippen LogP) is 2.86. The fourth-order valence-electron chi connectivity index (χ4n) is 2.60. The highest BCUT2D eigenvalue weighted by Gasteiger charge is 2.35. The maximum Gasteiger partial charge on any atom is 0.409 e. The van der Waals surface area contributed by atoms with Gasteiger partial charge >= 0.3 is 6.09 Å². The van der Waals surface area contributed by atoms with Crippen molar-refractivity contribution < 1.29 is 23.4 Å². The molecule has 0 atom stereocenters. The van der Waals surface area contributed by atoms with E-state index >= 15 is 0 Å². The van der Waals surface area contributed by atoms with Crippen molar-refractivity contribution in [3.8, 4) is 11.3 Å². The lowest BCUT2D eigenvalue weighted by Crippen LogP contribution is -2.48. The average Bonchev–Trinajstić information content (AvgIpc) is 2.94. The van der Waals surface area contributed by atoms with Crippen molar-refractivity contribution in [3.63, 3.8) is 0 Å². The molecule has 0 bridgehead atoms. The first-order valence-electron chi connectivity index (χ1n) is 7.15. The van der Waals surface area contributed by atoms with Crippen LogP contribution in [0.25, 0.3) is 11.3 Å². The minimum Gasteiger partial charge on any atom is -0.453 e. The standard InChI is InChI=1S/C15H14FN3O5/c1-8-3-11(16)10(4-13(8)19(21)22)12-5-14(24-17-12)9-6-18(7-9)15(20)23-2/h3-5,9H,6-7H2,1-2H3. The molecule has 1 aromatic carbocycles. The van der Waals surface area contributed by atoms with Gasteiger partial charge in [0.15, 0.2) is 0 Å². The van der Waals surface area contributed by atoms with Gasteiger partial charge in [0.25, 0.3) is 5.69 Å². The Bertz CT molecular complexity index is 813. The minimum absolute atomic E-state index is 0.00597. The van der Waals surface area contributed by atoms with Gasteiger partial charge in [-0.3, -0.25) is 10.1 Å². The fraction of sp³-hybridized carbons (Fsp3) is 0.333. The Morgan fingerprint density at radius 1 is 1.46 bits per heavy atom. The van der Waals surface area contributed by atoms with E-state index in [1.807, 2.05) is 0 Å². The molecule has 0 saturated carbocycles. The number of nitrogens with zero attached hydrogens (tertiary/aromatic N) is 3. The number of aromatic nitrogens is 1. The number of nitro groups is 1. The zero-order chi connectivity index (χ0) is 17.4. The van der Waals surface area contributed by atoms with Gasteiger partial charge in [0.1, 0.15) is 17.3 Å². The Morgan fingerprint density at radius 2 is 2.17 bits per heavy atom. The molecule has 1 aromatic heterocycles. The van der Waals surface area contributed by atoms with Crippen molar-refractivity contribution in [1.29, 1.82) is 0 Å². The summed E-state index contributed by atoms with van der Waals surface area (Å²) in [6.07, 6.45) is -0.425. The van der Waals surface area contributed by atoms with Gasteiger partial charge < -0.3 is 14.2 Å². The monoisotopic (exact) mass is 335 g/mol. The molecule has 24 heavy (non-hydrogen) atoms. The van der Waals surface area contributed by atoms with Crippen LogP contribution in [0, 0.1) is 22.9 Å². The van der Waals surface area contributed by atoms with Crippen LogP contribution in [0.4, 0.5) is 14.9 Å². The Morgan fingerprint density at radius 3 is 2.79 bits per heavy atom. The number of hydrogen-bond donors (Lipinski definition) is 0. The van der Waals surface area contributed by atoms with Gasteiger partial charge in [-0.15, -0.1) is 0 Å². The van der Waals surface area contributed by atoms with E-state index in [9.17, 15) is 19.3 Å². The van der Waals surface area contributed by atoms with Gasteiger partial charge in [-0.2, -0.15) is 0 Å². The Hall–Kier alpha value is -2.97. The van der Waals surface area contributed by atoms with Crippen LogP contribution in [0.15, 0.2) is 22.7 Å². The summed E-state index contributed by atoms with van der Waals surface area (Å²) in [5, 5.41) is 14.8. The number of nitro benzene ring substituents is 1. The highest BCUT2D eigenvalue weighted by Crippen LogP contribution is 2.33. The van der Waals surface area contributed by atoms with Crippen molar-refractivity contribution in [2.45, 2.75) is 12.8 Å². The summed E-state index contributed by atoms with van der Waals surface area (Å²) in [5.41, 5.74) is 0.239. The summed E-state index contributed by atoms with van der Waals surface area (Å²) < 4.78 is 23.9. The van der Waals surface area contributed by atoms with Gasteiger partial charge in [0.2, 0.25) is 0 Å². The second kappa shape index (κ2) is 5.91. The van der Waals surface area contributed by atoms with E-state index in [0.29, 0.717) is 18.8 Å². The lowest BCUT2D eigenvalue weighted by atomic mass is 9.97. The molecular formula is C15H14FN3O5. The Balaban J connectivity index is 1.83. The van der Waals surface area contributed by atoms with Gasteiger partial charge in [0, 0.05) is 36.3 Å². The van der Waals surface area contributed by atoms with Crippen molar-refractivity contribution in [2.24, 2.45) is 0 Å². The summed E-state index contributed by atoms with van der Waals surface area (Å²) in [4.78, 5) is 23.2. The van der Waals surface area contributed by atoms with Crippen molar-refractivity contribution in [1.82, 2.24) is 10.1 Å². The third-order valence-electron chi connectivity index (χ3n) is 4.00. The molecule has 3 rings (SSSR count). The van der Waals surface area contributed by atoms with Crippen LogP contribution in [0.1, 0.15) is 17.2 Å². The molecule has 8 nitrogen and oxygen atoms in total. The van der Waals surface area contributed by atoms with Gasteiger partial charge in [-0.05, 0) is 13.0 Å². The largest absolute Gasteiger partial charge is 0.453 e. The van der Waals surface area contributed by atoms with Crippen LogP contribution in [0.3, 0.4) is 0 Å². The molecular weight excluding hydrogens is 321 g/mol. The third-order valence-corrected chi connectivity index (χ3v) is 4.00. The normalized spacial score (nSPS) is 14.4. The zero-order valence-corrected chi connectivity index (χ0v) is 13.0. The smallest absolute Gasteiger partial charge is 0.409 e. The van der Waals surface area contributed by atoms with Gasteiger partial charge in [-0.1, -0.05) is 5.16 Å². The summed E-state index contributed by atoms with van der Waals surface area (Å²) >= 11 is 0. The second-order valence-corrected chi connectivity index (χ2v) is 5.56. The first-order valence-corrected chi connectivity index (χ1v) is 7.15. The average molecular weight is 335 g/mol. The topological polar surface area (TPSA) is 98.7 Å². The number of halogens is 1. The van der Waals surface area contributed by atoms with Crippen LogP contribution < -0.4 is 0 Å². The number of hydrogen-bond acceptors (Lipinski definition) is 6. The molecule has 2 aromatic rings. The number of ether oxygens (including phenoxy) is 1. The minimum atomic E-state index is -0.609. The van der Waals surface area contributed by atoms with Crippen LogP contribution >= 0.6 is 0 Å². The molecule has 0 N–H and O–H groups in total. The summed E-state index contributed by atoms with van der Waals surface area (Å²) in [5.74, 6) is -0.177. The number of likely N-dealkylation sites (tertiary alicyclic amines) is 1. The van der Waals surface area contributed by atoms with Crippen LogP contribution in [0.5, 0.6) is 0 Å². The molecule has 126 valence electrons. The molecule has 1 amide bonds. The second-order valence-electron chi connectivity index (χ2n) is 5.56. The fourth-order valence-corrected chi connectivity index (χ4v) is 2.60. The number of benzene rings is 1. The third kappa shape index (κ3) is 2.68. The zero-order valence-electron chi connectivity index (χ0n) is 13.0.